The Morgan fingerprint density at radius 1 is 1.32 bits per heavy atom. The number of nitrogens with zero attached hydrogens (tertiary/aromatic N) is 3. The fourth-order valence-corrected chi connectivity index (χ4v) is 2.39. The number of carbonyl (C=O) groups is 1. The van der Waals surface area contributed by atoms with E-state index in [0.717, 1.165) is 36.1 Å². The lowest BCUT2D eigenvalue weighted by atomic mass is 9.97. The summed E-state index contributed by atoms with van der Waals surface area (Å²) >= 11 is 0. The van der Waals surface area contributed by atoms with Crippen molar-refractivity contribution in [2.24, 2.45) is 0 Å². The smallest absolute Gasteiger partial charge is 0.172 e. The molecular formula is C15H19N3O. The van der Waals surface area contributed by atoms with Gasteiger partial charge in [0.2, 0.25) is 0 Å². The lowest BCUT2D eigenvalue weighted by molar-refractivity contribution is 0.111. The van der Waals surface area contributed by atoms with Crippen LogP contribution in [0, 0.1) is 6.92 Å². The molecule has 0 aliphatic heterocycles. The topological polar surface area (TPSA) is 47.8 Å². The summed E-state index contributed by atoms with van der Waals surface area (Å²) in [6.07, 6.45) is 2.74. The van der Waals surface area contributed by atoms with Crippen LogP contribution < -0.4 is 0 Å². The predicted molar refractivity (Wildman–Crippen MR) is 74.8 cm³/mol. The maximum absolute atomic E-state index is 11.2. The minimum Gasteiger partial charge on any atom is -0.296 e. The van der Waals surface area contributed by atoms with Gasteiger partial charge in [-0.2, -0.15) is 0 Å². The minimum absolute atomic E-state index is 0.302. The Kier molecular flexibility index (Phi) is 4.10. The van der Waals surface area contributed by atoms with Crippen molar-refractivity contribution in [3.8, 4) is 5.69 Å². The van der Waals surface area contributed by atoms with E-state index in [0.29, 0.717) is 11.6 Å². The molecule has 0 atom stereocenters. The van der Waals surface area contributed by atoms with Crippen LogP contribution in [-0.2, 0) is 0 Å². The Hall–Kier alpha value is -1.97. The van der Waals surface area contributed by atoms with Gasteiger partial charge in [0.15, 0.2) is 6.29 Å². The van der Waals surface area contributed by atoms with Crippen molar-refractivity contribution < 1.29 is 4.79 Å². The number of rotatable bonds is 5. The van der Waals surface area contributed by atoms with Gasteiger partial charge in [0.1, 0.15) is 5.69 Å². The van der Waals surface area contributed by atoms with Crippen LogP contribution in [0.4, 0.5) is 0 Å². The second-order valence-electron chi connectivity index (χ2n) is 4.74. The van der Waals surface area contributed by atoms with Crippen molar-refractivity contribution in [2.75, 3.05) is 0 Å². The van der Waals surface area contributed by atoms with Crippen LogP contribution in [0.15, 0.2) is 24.3 Å². The van der Waals surface area contributed by atoms with Crippen LogP contribution in [0.25, 0.3) is 5.69 Å². The highest BCUT2D eigenvalue weighted by molar-refractivity contribution is 5.74. The fraction of sp³-hybridized carbons (Fsp3) is 0.400. The standard InChI is InChI=1S/C15H19N3O/c1-4-12(5-2)15-14(10-19)16-17-18(15)13-8-6-7-11(3)9-13/h6-10,12H,4-5H2,1-3H3. The van der Waals surface area contributed by atoms with E-state index in [1.165, 1.54) is 0 Å². The quantitative estimate of drug-likeness (QED) is 0.772. The number of aryl methyl sites for hydroxylation is 1. The highest BCUT2D eigenvalue weighted by Crippen LogP contribution is 2.26. The van der Waals surface area contributed by atoms with Crippen LogP contribution in [-0.4, -0.2) is 21.3 Å². The Labute approximate surface area is 113 Å². The van der Waals surface area contributed by atoms with Crippen LogP contribution in [0.2, 0.25) is 0 Å². The van der Waals surface area contributed by atoms with Gasteiger partial charge in [0.25, 0.3) is 0 Å². The third-order valence-electron chi connectivity index (χ3n) is 3.46. The molecule has 0 spiro atoms. The molecule has 0 radical (unpaired) electrons. The SMILES string of the molecule is CCC(CC)c1c(C=O)nnn1-c1cccc(C)c1. The van der Waals surface area contributed by atoms with E-state index in [2.05, 4.69) is 30.2 Å². The van der Waals surface area contributed by atoms with Gasteiger partial charge < -0.3 is 0 Å². The number of aromatic nitrogens is 3. The summed E-state index contributed by atoms with van der Waals surface area (Å²) in [5.74, 6) is 0.302. The average Bonchev–Trinajstić information content (AvgIpc) is 2.84. The average molecular weight is 257 g/mol. The predicted octanol–water partition coefficient (Wildman–Crippen LogP) is 3.29. The maximum Gasteiger partial charge on any atom is 0.172 e. The second kappa shape index (κ2) is 5.78. The summed E-state index contributed by atoms with van der Waals surface area (Å²) in [5, 5.41) is 8.15. The van der Waals surface area contributed by atoms with Crippen molar-refractivity contribution in [1.82, 2.24) is 15.0 Å². The summed E-state index contributed by atoms with van der Waals surface area (Å²) in [7, 11) is 0. The molecule has 0 fully saturated rings. The highest BCUT2D eigenvalue weighted by Gasteiger charge is 2.20. The first kappa shape index (κ1) is 13.5. The third-order valence-corrected chi connectivity index (χ3v) is 3.46. The molecule has 0 aliphatic rings. The van der Waals surface area contributed by atoms with E-state index in [1.807, 2.05) is 25.1 Å². The van der Waals surface area contributed by atoms with Gasteiger partial charge in [-0.05, 0) is 37.5 Å². The van der Waals surface area contributed by atoms with Gasteiger partial charge in [-0.3, -0.25) is 4.79 Å². The first-order valence-corrected chi connectivity index (χ1v) is 6.69. The highest BCUT2D eigenvalue weighted by atomic mass is 16.1. The molecule has 100 valence electrons. The summed E-state index contributed by atoms with van der Waals surface area (Å²) < 4.78 is 1.80. The summed E-state index contributed by atoms with van der Waals surface area (Å²) in [5.41, 5.74) is 3.50. The van der Waals surface area contributed by atoms with Crippen molar-refractivity contribution >= 4 is 6.29 Å². The molecule has 4 heteroatoms. The normalized spacial score (nSPS) is 10.9. The Morgan fingerprint density at radius 2 is 2.05 bits per heavy atom. The number of benzene rings is 1. The molecule has 0 bridgehead atoms. The third kappa shape index (κ3) is 2.57. The molecule has 1 aromatic carbocycles. The molecule has 2 rings (SSSR count). The molecule has 2 aromatic rings. The first-order valence-electron chi connectivity index (χ1n) is 6.69. The van der Waals surface area contributed by atoms with E-state index < -0.39 is 0 Å². The van der Waals surface area contributed by atoms with Crippen LogP contribution >= 0.6 is 0 Å². The zero-order valence-corrected chi connectivity index (χ0v) is 11.6. The van der Waals surface area contributed by atoms with Crippen molar-refractivity contribution in [3.63, 3.8) is 0 Å². The van der Waals surface area contributed by atoms with Crippen molar-refractivity contribution in [1.29, 1.82) is 0 Å². The van der Waals surface area contributed by atoms with E-state index in [9.17, 15) is 4.79 Å². The van der Waals surface area contributed by atoms with Gasteiger partial charge in [-0.1, -0.05) is 31.2 Å². The van der Waals surface area contributed by atoms with E-state index >= 15 is 0 Å². The molecule has 0 saturated heterocycles. The van der Waals surface area contributed by atoms with E-state index in [1.54, 1.807) is 4.68 Å². The molecule has 1 heterocycles. The lowest BCUT2D eigenvalue weighted by Crippen LogP contribution is -2.08. The van der Waals surface area contributed by atoms with E-state index in [-0.39, 0.29) is 0 Å². The van der Waals surface area contributed by atoms with Crippen molar-refractivity contribution in [2.45, 2.75) is 39.5 Å². The Morgan fingerprint density at radius 3 is 2.63 bits per heavy atom. The molecule has 0 unspecified atom stereocenters. The minimum atomic E-state index is 0.302. The number of carbonyl (C=O) groups excluding carboxylic acids is 1. The largest absolute Gasteiger partial charge is 0.296 e. The molecule has 0 N–H and O–H groups in total. The van der Waals surface area contributed by atoms with Crippen molar-refractivity contribution in [3.05, 3.63) is 41.2 Å². The van der Waals surface area contributed by atoms with Gasteiger partial charge in [-0.25, -0.2) is 4.68 Å². The maximum atomic E-state index is 11.2. The fourth-order valence-electron chi connectivity index (χ4n) is 2.39. The number of aldehydes is 1. The summed E-state index contributed by atoms with van der Waals surface area (Å²) in [4.78, 5) is 11.2. The first-order chi connectivity index (χ1) is 9.21. The zero-order chi connectivity index (χ0) is 13.8. The Bertz CT molecular complexity index is 571. The number of hydrogen-bond acceptors (Lipinski definition) is 3. The van der Waals surface area contributed by atoms with Gasteiger partial charge in [-0.15, -0.1) is 5.10 Å². The van der Waals surface area contributed by atoms with Gasteiger partial charge >= 0.3 is 0 Å². The molecule has 0 aliphatic carbocycles. The van der Waals surface area contributed by atoms with Crippen LogP contribution in [0.3, 0.4) is 0 Å². The Balaban J connectivity index is 2.57. The van der Waals surface area contributed by atoms with E-state index in [4.69, 9.17) is 0 Å². The van der Waals surface area contributed by atoms with Gasteiger partial charge in [0.05, 0.1) is 11.4 Å². The zero-order valence-electron chi connectivity index (χ0n) is 11.6. The summed E-state index contributed by atoms with van der Waals surface area (Å²) in [6.45, 7) is 6.28. The molecular weight excluding hydrogens is 238 g/mol. The number of hydrogen-bond donors (Lipinski definition) is 0. The van der Waals surface area contributed by atoms with Gasteiger partial charge in [0, 0.05) is 5.92 Å². The van der Waals surface area contributed by atoms with Crippen LogP contribution in [0.1, 0.15) is 54.4 Å². The molecule has 0 amide bonds. The van der Waals surface area contributed by atoms with Crippen LogP contribution in [0.5, 0.6) is 0 Å². The molecule has 0 saturated carbocycles. The molecule has 4 nitrogen and oxygen atoms in total. The monoisotopic (exact) mass is 257 g/mol. The molecule has 19 heavy (non-hydrogen) atoms. The second-order valence-corrected chi connectivity index (χ2v) is 4.74. The molecule has 1 aromatic heterocycles. The summed E-state index contributed by atoms with van der Waals surface area (Å²) in [6, 6.07) is 8.07. The lowest BCUT2D eigenvalue weighted by Gasteiger charge is -2.15.